The summed E-state index contributed by atoms with van der Waals surface area (Å²) in [6.07, 6.45) is 3.62. The van der Waals surface area contributed by atoms with E-state index < -0.39 is 35.5 Å². The van der Waals surface area contributed by atoms with Crippen molar-refractivity contribution >= 4 is 17.9 Å². The first-order valence-electron chi connectivity index (χ1n) is 8.15. The van der Waals surface area contributed by atoms with Crippen molar-refractivity contribution in [3.63, 3.8) is 0 Å². The first kappa shape index (κ1) is 21.9. The summed E-state index contributed by atoms with van der Waals surface area (Å²) in [5, 5.41) is 9.86. The third-order valence-corrected chi connectivity index (χ3v) is 4.21. The summed E-state index contributed by atoms with van der Waals surface area (Å²) in [6, 6.07) is 0. The Bertz CT molecular complexity index is 440. The fraction of sp³-hybridized carbons (Fsp3) is 0.611. The van der Waals surface area contributed by atoms with Crippen LogP contribution in [0.1, 0.15) is 52.9 Å². The van der Waals surface area contributed by atoms with E-state index in [2.05, 4.69) is 13.2 Å². The second kappa shape index (κ2) is 10.6. The topological polar surface area (TPSA) is 89.9 Å². The third-order valence-electron chi connectivity index (χ3n) is 4.21. The molecule has 0 spiro atoms. The van der Waals surface area contributed by atoms with Gasteiger partial charge in [0.15, 0.2) is 0 Å². The Hall–Kier alpha value is -2.11. The van der Waals surface area contributed by atoms with Crippen molar-refractivity contribution in [2.75, 3.05) is 0 Å². The van der Waals surface area contributed by atoms with Gasteiger partial charge in [-0.2, -0.15) is 0 Å². The van der Waals surface area contributed by atoms with E-state index in [4.69, 9.17) is 9.47 Å². The maximum Gasteiger partial charge on any atom is 0.330 e. The Kier molecular flexibility index (Phi) is 9.69. The highest BCUT2D eigenvalue weighted by atomic mass is 16.6. The molecule has 0 aromatic heterocycles. The smallest absolute Gasteiger partial charge is 0.330 e. The molecule has 0 saturated heterocycles. The summed E-state index contributed by atoms with van der Waals surface area (Å²) in [4.78, 5) is 35.1. The molecule has 6 nitrogen and oxygen atoms in total. The Morgan fingerprint density at radius 2 is 1.46 bits per heavy atom. The highest BCUT2D eigenvalue weighted by Crippen LogP contribution is 2.37. The van der Waals surface area contributed by atoms with Gasteiger partial charge in [0.2, 0.25) is 0 Å². The van der Waals surface area contributed by atoms with Crippen LogP contribution in [0.3, 0.4) is 0 Å². The lowest BCUT2D eigenvalue weighted by molar-refractivity contribution is -0.183. The average Bonchev–Trinajstić information content (AvgIpc) is 2.53. The molecule has 0 aliphatic rings. The molecule has 0 bridgehead atoms. The number of carboxylic acids is 1. The van der Waals surface area contributed by atoms with Crippen LogP contribution >= 0.6 is 0 Å². The van der Waals surface area contributed by atoms with Crippen molar-refractivity contribution in [3.05, 3.63) is 25.3 Å². The summed E-state index contributed by atoms with van der Waals surface area (Å²) in [5.74, 6) is -2.61. The summed E-state index contributed by atoms with van der Waals surface area (Å²) < 4.78 is 10.3. The van der Waals surface area contributed by atoms with E-state index in [0.29, 0.717) is 6.42 Å². The van der Waals surface area contributed by atoms with Crippen molar-refractivity contribution in [2.45, 2.75) is 65.1 Å². The standard InChI is InChI=1S/C18H28O6/c1-6-9-10-11-12-18(17(21)22,13(4)23-15(19)7-2)14(5)24-16(20)8-3/h7-8,13-14H,2-3,6,9-12H2,1,4-5H3,(H,21,22). The number of carbonyl (C=O) groups is 3. The van der Waals surface area contributed by atoms with E-state index in [9.17, 15) is 19.5 Å². The molecule has 0 aliphatic heterocycles. The molecule has 0 aliphatic carbocycles. The molecule has 0 fully saturated rings. The number of unbranched alkanes of at least 4 members (excludes halogenated alkanes) is 3. The zero-order valence-corrected chi connectivity index (χ0v) is 14.7. The first-order chi connectivity index (χ1) is 11.3. The van der Waals surface area contributed by atoms with Crippen LogP contribution in [0.2, 0.25) is 0 Å². The number of aliphatic carboxylic acids is 1. The van der Waals surface area contributed by atoms with Gasteiger partial charge in [-0.1, -0.05) is 45.8 Å². The van der Waals surface area contributed by atoms with Crippen LogP contribution < -0.4 is 0 Å². The largest absolute Gasteiger partial charge is 0.481 e. The molecular formula is C18H28O6. The molecular weight excluding hydrogens is 312 g/mol. The zero-order valence-electron chi connectivity index (χ0n) is 14.7. The molecule has 0 radical (unpaired) electrons. The maximum absolute atomic E-state index is 12.1. The average molecular weight is 340 g/mol. The lowest BCUT2D eigenvalue weighted by Gasteiger charge is -2.38. The van der Waals surface area contributed by atoms with Gasteiger partial charge in [-0.3, -0.25) is 4.79 Å². The monoisotopic (exact) mass is 340 g/mol. The van der Waals surface area contributed by atoms with E-state index in [1.807, 2.05) is 6.92 Å². The molecule has 6 heteroatoms. The number of hydrogen-bond donors (Lipinski definition) is 1. The van der Waals surface area contributed by atoms with Crippen molar-refractivity contribution in [1.29, 1.82) is 0 Å². The lowest BCUT2D eigenvalue weighted by Crippen LogP contribution is -2.52. The van der Waals surface area contributed by atoms with Crippen LogP contribution in [-0.2, 0) is 23.9 Å². The predicted octanol–water partition coefficient (Wildman–Crippen LogP) is 3.26. The Labute approximate surface area is 143 Å². The molecule has 0 aromatic rings. The molecule has 136 valence electrons. The SMILES string of the molecule is C=CC(=O)OC(C)C(CCCCCC)(C(=O)O)C(C)OC(=O)C=C. The van der Waals surface area contributed by atoms with E-state index in [1.165, 1.54) is 13.8 Å². The van der Waals surface area contributed by atoms with Gasteiger partial charge >= 0.3 is 17.9 Å². The van der Waals surface area contributed by atoms with Crippen LogP contribution in [0.4, 0.5) is 0 Å². The molecule has 1 N–H and O–H groups in total. The summed E-state index contributed by atoms with van der Waals surface area (Å²) in [7, 11) is 0. The lowest BCUT2D eigenvalue weighted by atomic mass is 9.73. The van der Waals surface area contributed by atoms with Gasteiger partial charge in [0.1, 0.15) is 17.6 Å². The minimum atomic E-state index is -1.54. The fourth-order valence-corrected chi connectivity index (χ4v) is 2.69. The van der Waals surface area contributed by atoms with Gasteiger partial charge < -0.3 is 14.6 Å². The highest BCUT2D eigenvalue weighted by Gasteiger charge is 2.51. The first-order valence-corrected chi connectivity index (χ1v) is 8.15. The van der Waals surface area contributed by atoms with E-state index in [-0.39, 0.29) is 6.42 Å². The predicted molar refractivity (Wildman–Crippen MR) is 90.3 cm³/mol. The Balaban J connectivity index is 5.55. The van der Waals surface area contributed by atoms with Gasteiger partial charge in [0.05, 0.1) is 0 Å². The number of rotatable bonds is 12. The normalized spacial score (nSPS) is 15.5. The minimum absolute atomic E-state index is 0.222. The number of carbonyl (C=O) groups excluding carboxylic acids is 2. The number of ether oxygens (including phenoxy) is 2. The number of carboxylic acid groups (broad SMARTS) is 1. The molecule has 0 rings (SSSR count). The highest BCUT2D eigenvalue weighted by molar-refractivity contribution is 5.84. The van der Waals surface area contributed by atoms with Crippen LogP contribution in [0.25, 0.3) is 0 Å². The van der Waals surface area contributed by atoms with Gasteiger partial charge in [0.25, 0.3) is 0 Å². The van der Waals surface area contributed by atoms with Crippen molar-refractivity contribution in [1.82, 2.24) is 0 Å². The van der Waals surface area contributed by atoms with Crippen molar-refractivity contribution in [2.24, 2.45) is 5.41 Å². The van der Waals surface area contributed by atoms with Gasteiger partial charge in [-0.25, -0.2) is 9.59 Å². The van der Waals surface area contributed by atoms with E-state index >= 15 is 0 Å². The number of hydrogen-bond acceptors (Lipinski definition) is 5. The Morgan fingerprint density at radius 3 is 1.79 bits per heavy atom. The maximum atomic E-state index is 12.1. The Morgan fingerprint density at radius 1 is 1.00 bits per heavy atom. The molecule has 0 saturated carbocycles. The third kappa shape index (κ3) is 5.83. The summed E-state index contributed by atoms with van der Waals surface area (Å²) >= 11 is 0. The number of esters is 2. The molecule has 0 aromatic carbocycles. The van der Waals surface area contributed by atoms with Crippen LogP contribution in [0.15, 0.2) is 25.3 Å². The molecule has 2 atom stereocenters. The minimum Gasteiger partial charge on any atom is -0.481 e. The molecule has 2 unspecified atom stereocenters. The van der Waals surface area contributed by atoms with E-state index in [1.54, 1.807) is 0 Å². The molecule has 0 amide bonds. The van der Waals surface area contributed by atoms with Crippen molar-refractivity contribution < 1.29 is 29.0 Å². The zero-order chi connectivity index (χ0) is 18.8. The van der Waals surface area contributed by atoms with E-state index in [0.717, 1.165) is 31.4 Å². The van der Waals surface area contributed by atoms with Crippen molar-refractivity contribution in [3.8, 4) is 0 Å². The van der Waals surface area contributed by atoms with Gasteiger partial charge in [-0.15, -0.1) is 0 Å². The molecule has 24 heavy (non-hydrogen) atoms. The molecule has 0 heterocycles. The van der Waals surface area contributed by atoms with Gasteiger partial charge in [-0.05, 0) is 20.3 Å². The summed E-state index contributed by atoms with van der Waals surface area (Å²) in [6.45, 7) is 11.7. The van der Waals surface area contributed by atoms with Crippen LogP contribution in [0.5, 0.6) is 0 Å². The van der Waals surface area contributed by atoms with Gasteiger partial charge in [0, 0.05) is 12.2 Å². The second-order valence-corrected chi connectivity index (χ2v) is 5.72. The quantitative estimate of drug-likeness (QED) is 0.333. The van der Waals surface area contributed by atoms with Crippen LogP contribution in [0, 0.1) is 5.41 Å². The van der Waals surface area contributed by atoms with Crippen LogP contribution in [-0.4, -0.2) is 35.2 Å². The fourth-order valence-electron chi connectivity index (χ4n) is 2.69. The summed E-state index contributed by atoms with van der Waals surface area (Å²) in [5.41, 5.74) is -1.54. The second-order valence-electron chi connectivity index (χ2n) is 5.72.